The molecule has 0 saturated heterocycles. The summed E-state index contributed by atoms with van der Waals surface area (Å²) in [6.45, 7) is 9.99. The van der Waals surface area contributed by atoms with Crippen LogP contribution in [0.3, 0.4) is 0 Å². The molecular weight excluding hydrogens is 441 g/mol. The molecular formula is C29H38FN3O2. The number of likely N-dealkylation sites (N-methyl/N-ethyl adjacent to an activating group) is 1. The van der Waals surface area contributed by atoms with Gasteiger partial charge < -0.3 is 9.69 Å². The van der Waals surface area contributed by atoms with Crippen LogP contribution in [0.15, 0.2) is 65.5 Å². The number of nitrogens with zero attached hydrogens (tertiary/aromatic N) is 3. The molecule has 1 aliphatic heterocycles. The van der Waals surface area contributed by atoms with Gasteiger partial charge in [0.1, 0.15) is 17.8 Å². The normalized spacial score (nSPS) is 13.1. The van der Waals surface area contributed by atoms with Crippen molar-refractivity contribution >= 4 is 6.29 Å². The first-order valence-electron chi connectivity index (χ1n) is 12.1. The van der Waals surface area contributed by atoms with Gasteiger partial charge in [0.05, 0.1) is 17.3 Å². The zero-order valence-electron chi connectivity index (χ0n) is 21.8. The third-order valence-corrected chi connectivity index (χ3v) is 5.96. The monoisotopic (exact) mass is 479 g/mol. The minimum atomic E-state index is -0.958. The molecule has 0 aliphatic carbocycles. The molecule has 0 N–H and O–H groups in total. The fraction of sp³-hybridized carbons (Fsp3) is 0.414. The van der Waals surface area contributed by atoms with Crippen molar-refractivity contribution < 1.29 is 9.18 Å². The summed E-state index contributed by atoms with van der Waals surface area (Å²) in [5, 5.41) is 0. The van der Waals surface area contributed by atoms with E-state index in [1.807, 2.05) is 54.8 Å². The molecule has 5 nitrogen and oxygen atoms in total. The Balaban J connectivity index is 0.000000415. The van der Waals surface area contributed by atoms with Crippen LogP contribution >= 0.6 is 0 Å². The molecule has 0 amide bonds. The summed E-state index contributed by atoms with van der Waals surface area (Å²) in [5.41, 5.74) is 3.10. The molecule has 6 heteroatoms. The second-order valence-corrected chi connectivity index (χ2v) is 9.28. The quantitative estimate of drug-likeness (QED) is 0.462. The third kappa shape index (κ3) is 7.96. The van der Waals surface area contributed by atoms with Gasteiger partial charge in [-0.05, 0) is 52.3 Å². The van der Waals surface area contributed by atoms with Crippen molar-refractivity contribution in [2.24, 2.45) is 0 Å². The molecule has 0 atom stereocenters. The molecule has 4 rings (SSSR count). The smallest absolute Gasteiger partial charge is 0.259 e. The van der Waals surface area contributed by atoms with Gasteiger partial charge in [-0.2, -0.15) is 0 Å². The van der Waals surface area contributed by atoms with Crippen LogP contribution < -0.4 is 5.56 Å². The van der Waals surface area contributed by atoms with E-state index >= 15 is 0 Å². The van der Waals surface area contributed by atoms with Crippen molar-refractivity contribution in [1.82, 2.24) is 14.5 Å². The first-order chi connectivity index (χ1) is 16.6. The molecule has 188 valence electrons. The second kappa shape index (κ2) is 13.1. The Bertz CT molecular complexity index is 1080. The molecule has 1 aliphatic rings. The summed E-state index contributed by atoms with van der Waals surface area (Å²) >= 11 is 0. The highest BCUT2D eigenvalue weighted by Gasteiger charge is 2.25. The van der Waals surface area contributed by atoms with Crippen molar-refractivity contribution in [2.75, 3.05) is 13.6 Å². The zero-order valence-corrected chi connectivity index (χ0v) is 21.8. The number of halogens is 1. The van der Waals surface area contributed by atoms with Crippen molar-refractivity contribution in [3.63, 3.8) is 0 Å². The number of aromatic nitrogens is 2. The minimum Gasteiger partial charge on any atom is -0.304 e. The van der Waals surface area contributed by atoms with Crippen LogP contribution in [-0.4, -0.2) is 40.0 Å². The van der Waals surface area contributed by atoms with Crippen LogP contribution in [0, 0.1) is 6.92 Å². The van der Waals surface area contributed by atoms with Gasteiger partial charge in [-0.15, -0.1) is 0 Å². The summed E-state index contributed by atoms with van der Waals surface area (Å²) in [6.07, 6.45) is 2.19. The Labute approximate surface area is 208 Å². The van der Waals surface area contributed by atoms with E-state index < -0.39 is 5.67 Å². The highest BCUT2D eigenvalue weighted by atomic mass is 19.1. The van der Waals surface area contributed by atoms with E-state index in [4.69, 9.17) is 9.78 Å². The number of rotatable bonds is 4. The predicted octanol–water partition coefficient (Wildman–Crippen LogP) is 5.53. The van der Waals surface area contributed by atoms with Crippen molar-refractivity contribution in [1.29, 1.82) is 0 Å². The molecule has 0 unspecified atom stereocenters. The number of hydrogen-bond donors (Lipinski definition) is 0. The number of alkyl halides is 1. The van der Waals surface area contributed by atoms with E-state index in [1.54, 1.807) is 13.8 Å². The Morgan fingerprint density at radius 2 is 1.51 bits per heavy atom. The lowest BCUT2D eigenvalue weighted by atomic mass is 9.97. The highest BCUT2D eigenvalue weighted by molar-refractivity contribution is 5.44. The van der Waals surface area contributed by atoms with Gasteiger partial charge in [0.2, 0.25) is 0 Å². The average Bonchev–Trinajstić information content (AvgIpc) is 2.84. The van der Waals surface area contributed by atoms with Gasteiger partial charge in [-0.1, -0.05) is 67.6 Å². The maximum Gasteiger partial charge on any atom is 0.259 e. The maximum absolute atomic E-state index is 13.5. The molecule has 3 aromatic rings. The van der Waals surface area contributed by atoms with Gasteiger partial charge in [0, 0.05) is 19.5 Å². The molecule has 2 aromatic carbocycles. The van der Waals surface area contributed by atoms with Crippen LogP contribution in [0.4, 0.5) is 4.39 Å². The van der Waals surface area contributed by atoms with E-state index in [-0.39, 0.29) is 11.6 Å². The molecule has 0 radical (unpaired) electrons. The summed E-state index contributed by atoms with van der Waals surface area (Å²) in [5.74, 6) is 0.774. The SMILES string of the molecule is CC=O.CCC(C)(C)F.Cc1nc2c(c(=O)n1C(c1ccccc1)c1ccccc1)CN(C)CC2. The van der Waals surface area contributed by atoms with Crippen LogP contribution in [0.25, 0.3) is 0 Å². The molecule has 35 heavy (non-hydrogen) atoms. The Morgan fingerprint density at radius 3 is 1.94 bits per heavy atom. The summed E-state index contributed by atoms with van der Waals surface area (Å²) < 4.78 is 14.0. The van der Waals surface area contributed by atoms with Crippen LogP contribution in [0.1, 0.15) is 68.4 Å². The van der Waals surface area contributed by atoms with Crippen molar-refractivity contribution in [2.45, 2.75) is 65.7 Å². The fourth-order valence-electron chi connectivity index (χ4n) is 3.81. The van der Waals surface area contributed by atoms with Gasteiger partial charge in [-0.25, -0.2) is 9.37 Å². The molecule has 2 heterocycles. The van der Waals surface area contributed by atoms with E-state index in [2.05, 4.69) is 36.2 Å². The second-order valence-electron chi connectivity index (χ2n) is 9.28. The van der Waals surface area contributed by atoms with Crippen LogP contribution in [-0.2, 0) is 17.8 Å². The number of carbonyl (C=O) groups excluding carboxylic acids is 1. The van der Waals surface area contributed by atoms with E-state index in [1.165, 1.54) is 6.92 Å². The Morgan fingerprint density at radius 1 is 1.06 bits per heavy atom. The number of fused-ring (bicyclic) bond motifs is 1. The van der Waals surface area contributed by atoms with Crippen LogP contribution in [0.5, 0.6) is 0 Å². The molecule has 0 spiro atoms. The van der Waals surface area contributed by atoms with Gasteiger partial charge in [0.25, 0.3) is 5.56 Å². The predicted molar refractivity (Wildman–Crippen MR) is 141 cm³/mol. The molecule has 0 bridgehead atoms. The standard InChI is InChI=1S/C22H23N3O.C5H11F.C2H4O/c1-16-23-20-13-14-24(2)15-19(20)22(26)25(16)21(17-9-5-3-6-10-17)18-11-7-4-8-12-18;1-4-5(2,3)6;1-2-3/h3-12,21H,13-15H2,1-2H3;4H2,1-3H3;2H,1H3. The van der Waals surface area contributed by atoms with Crippen LogP contribution in [0.2, 0.25) is 0 Å². The van der Waals surface area contributed by atoms with Gasteiger partial charge >= 0.3 is 0 Å². The summed E-state index contributed by atoms with van der Waals surface area (Å²) in [4.78, 5) is 29.3. The topological polar surface area (TPSA) is 55.2 Å². The third-order valence-electron chi connectivity index (χ3n) is 5.96. The van der Waals surface area contributed by atoms with Crippen molar-refractivity contribution in [3.05, 3.63) is 99.2 Å². The lowest BCUT2D eigenvalue weighted by Crippen LogP contribution is -2.39. The lowest BCUT2D eigenvalue weighted by molar-refractivity contribution is -0.106. The molecule has 0 saturated carbocycles. The van der Waals surface area contributed by atoms with E-state index in [9.17, 15) is 9.18 Å². The Hall–Kier alpha value is -3.12. The van der Waals surface area contributed by atoms with Gasteiger partial charge in [0.15, 0.2) is 0 Å². The number of benzene rings is 2. The zero-order chi connectivity index (χ0) is 26.0. The van der Waals surface area contributed by atoms with E-state index in [0.717, 1.165) is 47.5 Å². The number of aryl methyl sites for hydroxylation is 1. The highest BCUT2D eigenvalue weighted by Crippen LogP contribution is 2.27. The largest absolute Gasteiger partial charge is 0.304 e. The minimum absolute atomic E-state index is 0.0803. The number of carbonyl (C=O) groups is 1. The van der Waals surface area contributed by atoms with Gasteiger partial charge in [-0.3, -0.25) is 9.36 Å². The first-order valence-corrected chi connectivity index (χ1v) is 12.1. The fourth-order valence-corrected chi connectivity index (χ4v) is 3.81. The Kier molecular flexibility index (Phi) is 10.5. The number of hydrogen-bond acceptors (Lipinski definition) is 4. The maximum atomic E-state index is 13.5. The summed E-state index contributed by atoms with van der Waals surface area (Å²) in [7, 11) is 2.05. The summed E-state index contributed by atoms with van der Waals surface area (Å²) in [6, 6.07) is 20.2. The molecule has 1 aromatic heterocycles. The van der Waals surface area contributed by atoms with E-state index in [0.29, 0.717) is 13.0 Å². The van der Waals surface area contributed by atoms with Crippen molar-refractivity contribution in [3.8, 4) is 0 Å². The number of aldehydes is 1. The molecule has 0 fully saturated rings. The first kappa shape index (κ1) is 28.1. The lowest BCUT2D eigenvalue weighted by Gasteiger charge is -2.28. The average molecular weight is 480 g/mol.